The third kappa shape index (κ3) is 2.58. The van der Waals surface area contributed by atoms with Gasteiger partial charge in [0.15, 0.2) is 0 Å². The lowest BCUT2D eigenvalue weighted by Crippen LogP contribution is -2.36. The van der Waals surface area contributed by atoms with Crippen molar-refractivity contribution in [3.63, 3.8) is 0 Å². The summed E-state index contributed by atoms with van der Waals surface area (Å²) in [5.74, 6) is 2.07. The van der Waals surface area contributed by atoms with Crippen LogP contribution in [0, 0.1) is 5.92 Å². The summed E-state index contributed by atoms with van der Waals surface area (Å²) in [4.78, 5) is 7.50. The third-order valence-corrected chi connectivity index (χ3v) is 5.34. The van der Waals surface area contributed by atoms with E-state index in [-0.39, 0.29) is 0 Å². The van der Waals surface area contributed by atoms with E-state index in [1.165, 1.54) is 31.2 Å². The summed E-state index contributed by atoms with van der Waals surface area (Å²) in [6.07, 6.45) is 5.52. The molecule has 1 aromatic heterocycles. The maximum atomic E-state index is 6.09. The van der Waals surface area contributed by atoms with Gasteiger partial charge in [0.05, 0.1) is 17.6 Å². The van der Waals surface area contributed by atoms with Crippen LogP contribution in [-0.2, 0) is 13.6 Å². The predicted molar refractivity (Wildman–Crippen MR) is 86.5 cm³/mol. The zero-order valence-corrected chi connectivity index (χ0v) is 13.5. The minimum atomic E-state index is 0.695. The molecule has 2 fully saturated rings. The monoisotopic (exact) mass is 303 g/mol. The molecule has 1 unspecified atom stereocenters. The molecule has 21 heavy (non-hydrogen) atoms. The third-order valence-electron chi connectivity index (χ3n) is 5.10. The predicted octanol–water partition coefficient (Wildman–Crippen LogP) is 3.99. The van der Waals surface area contributed by atoms with Crippen molar-refractivity contribution in [2.75, 3.05) is 0 Å². The van der Waals surface area contributed by atoms with E-state index >= 15 is 0 Å². The maximum absolute atomic E-state index is 6.09. The van der Waals surface area contributed by atoms with E-state index in [4.69, 9.17) is 16.6 Å². The summed E-state index contributed by atoms with van der Waals surface area (Å²) in [5.41, 5.74) is 2.18. The van der Waals surface area contributed by atoms with Gasteiger partial charge in [-0.05, 0) is 56.7 Å². The Bertz CT molecular complexity index is 670. The topological polar surface area (TPSA) is 21.1 Å². The second kappa shape index (κ2) is 4.99. The number of imidazole rings is 1. The van der Waals surface area contributed by atoms with Crippen LogP contribution in [0.2, 0.25) is 5.02 Å². The van der Waals surface area contributed by atoms with E-state index in [2.05, 4.69) is 29.5 Å². The first-order valence-corrected chi connectivity index (χ1v) is 8.38. The normalized spacial score (nSPS) is 20.4. The Kier molecular flexibility index (Phi) is 3.23. The highest BCUT2D eigenvalue weighted by Gasteiger charge is 2.39. The highest BCUT2D eigenvalue weighted by molar-refractivity contribution is 6.31. The molecule has 1 aromatic carbocycles. The SMILES string of the molecule is CC(C1CC1)N(Cc1nc2cc(Cl)ccc2n1C)C1CC1. The average molecular weight is 304 g/mol. The molecule has 2 aromatic rings. The van der Waals surface area contributed by atoms with Crippen LogP contribution in [0.5, 0.6) is 0 Å². The van der Waals surface area contributed by atoms with Gasteiger partial charge in [0.1, 0.15) is 5.82 Å². The molecule has 0 aliphatic heterocycles. The minimum Gasteiger partial charge on any atom is -0.330 e. The smallest absolute Gasteiger partial charge is 0.123 e. The molecule has 0 saturated heterocycles. The largest absolute Gasteiger partial charge is 0.330 e. The Labute approximate surface area is 130 Å². The highest BCUT2D eigenvalue weighted by atomic mass is 35.5. The summed E-state index contributed by atoms with van der Waals surface area (Å²) < 4.78 is 2.22. The quantitative estimate of drug-likeness (QED) is 0.833. The molecule has 0 spiro atoms. The number of hydrogen-bond acceptors (Lipinski definition) is 2. The van der Waals surface area contributed by atoms with Crippen molar-refractivity contribution in [1.82, 2.24) is 14.5 Å². The van der Waals surface area contributed by atoms with Gasteiger partial charge in [-0.15, -0.1) is 0 Å². The van der Waals surface area contributed by atoms with Gasteiger partial charge in [-0.3, -0.25) is 4.90 Å². The number of benzene rings is 1. The Hall–Kier alpha value is -1.06. The van der Waals surface area contributed by atoms with Crippen molar-refractivity contribution >= 4 is 22.6 Å². The number of aryl methyl sites for hydroxylation is 1. The van der Waals surface area contributed by atoms with Crippen molar-refractivity contribution in [1.29, 1.82) is 0 Å². The van der Waals surface area contributed by atoms with Crippen LogP contribution < -0.4 is 0 Å². The van der Waals surface area contributed by atoms with Gasteiger partial charge in [-0.2, -0.15) is 0 Å². The molecule has 2 saturated carbocycles. The molecule has 1 heterocycles. The van der Waals surface area contributed by atoms with E-state index in [0.29, 0.717) is 6.04 Å². The number of hydrogen-bond donors (Lipinski definition) is 0. The van der Waals surface area contributed by atoms with Crippen LogP contribution in [0.1, 0.15) is 38.4 Å². The molecule has 4 rings (SSSR count). The van der Waals surface area contributed by atoms with Crippen LogP contribution in [0.25, 0.3) is 11.0 Å². The molecule has 3 nitrogen and oxygen atoms in total. The molecule has 2 aliphatic carbocycles. The van der Waals surface area contributed by atoms with E-state index in [9.17, 15) is 0 Å². The molecule has 0 bridgehead atoms. The molecule has 2 aliphatic rings. The average Bonchev–Trinajstić information content (AvgIpc) is 3.35. The van der Waals surface area contributed by atoms with E-state index in [1.54, 1.807) is 0 Å². The van der Waals surface area contributed by atoms with E-state index in [1.807, 2.05) is 12.1 Å². The van der Waals surface area contributed by atoms with Crippen molar-refractivity contribution in [3.8, 4) is 0 Å². The summed E-state index contributed by atoms with van der Waals surface area (Å²) >= 11 is 6.09. The van der Waals surface area contributed by atoms with Crippen molar-refractivity contribution < 1.29 is 0 Å². The van der Waals surface area contributed by atoms with Gasteiger partial charge in [-0.1, -0.05) is 11.6 Å². The number of fused-ring (bicyclic) bond motifs is 1. The van der Waals surface area contributed by atoms with E-state index in [0.717, 1.165) is 34.9 Å². The zero-order chi connectivity index (χ0) is 14.6. The van der Waals surface area contributed by atoms with Crippen molar-refractivity contribution in [2.24, 2.45) is 13.0 Å². The van der Waals surface area contributed by atoms with Gasteiger partial charge in [-0.25, -0.2) is 4.98 Å². The Morgan fingerprint density at radius 2 is 2.10 bits per heavy atom. The fourth-order valence-corrected chi connectivity index (χ4v) is 3.56. The highest BCUT2D eigenvalue weighted by Crippen LogP contribution is 2.40. The second-order valence-electron chi connectivity index (χ2n) is 6.70. The van der Waals surface area contributed by atoms with Crippen molar-refractivity contribution in [2.45, 2.75) is 51.2 Å². The number of halogens is 1. The summed E-state index contributed by atoms with van der Waals surface area (Å²) in [5, 5.41) is 0.762. The lowest BCUT2D eigenvalue weighted by Gasteiger charge is -2.28. The van der Waals surface area contributed by atoms with Gasteiger partial charge in [0, 0.05) is 24.2 Å². The molecular weight excluding hydrogens is 282 g/mol. The Morgan fingerprint density at radius 3 is 2.76 bits per heavy atom. The summed E-state index contributed by atoms with van der Waals surface area (Å²) in [7, 11) is 2.12. The first kappa shape index (κ1) is 13.6. The molecule has 0 amide bonds. The van der Waals surface area contributed by atoms with Crippen LogP contribution >= 0.6 is 11.6 Å². The molecule has 0 N–H and O–H groups in total. The maximum Gasteiger partial charge on any atom is 0.123 e. The first-order chi connectivity index (χ1) is 10.1. The van der Waals surface area contributed by atoms with Crippen LogP contribution in [0.15, 0.2) is 18.2 Å². The lowest BCUT2D eigenvalue weighted by molar-refractivity contribution is 0.165. The Balaban J connectivity index is 1.64. The standard InChI is InChI=1S/C17H22ClN3/c1-11(12-3-4-12)21(14-6-7-14)10-17-19-15-9-13(18)5-8-16(15)20(17)2/h5,8-9,11-12,14H,3-4,6-7,10H2,1-2H3. The van der Waals surface area contributed by atoms with Crippen LogP contribution in [0.4, 0.5) is 0 Å². The molecule has 112 valence electrons. The number of nitrogens with zero attached hydrogens (tertiary/aromatic N) is 3. The molecule has 1 atom stereocenters. The van der Waals surface area contributed by atoms with Crippen molar-refractivity contribution in [3.05, 3.63) is 29.0 Å². The number of rotatable bonds is 5. The molecule has 0 radical (unpaired) electrons. The second-order valence-corrected chi connectivity index (χ2v) is 7.14. The van der Waals surface area contributed by atoms with Crippen LogP contribution in [-0.4, -0.2) is 26.5 Å². The number of aromatic nitrogens is 2. The molecule has 4 heteroatoms. The summed E-state index contributed by atoms with van der Waals surface area (Å²) in [6.45, 7) is 3.36. The van der Waals surface area contributed by atoms with Gasteiger partial charge < -0.3 is 4.57 Å². The van der Waals surface area contributed by atoms with Gasteiger partial charge >= 0.3 is 0 Å². The van der Waals surface area contributed by atoms with E-state index < -0.39 is 0 Å². The first-order valence-electron chi connectivity index (χ1n) is 8.00. The lowest BCUT2D eigenvalue weighted by atomic mass is 10.1. The zero-order valence-electron chi connectivity index (χ0n) is 12.7. The van der Waals surface area contributed by atoms with Gasteiger partial charge in [0.25, 0.3) is 0 Å². The van der Waals surface area contributed by atoms with Crippen LogP contribution in [0.3, 0.4) is 0 Å². The molecular formula is C17H22ClN3. The van der Waals surface area contributed by atoms with Gasteiger partial charge in [0.2, 0.25) is 0 Å². The Morgan fingerprint density at radius 1 is 1.33 bits per heavy atom. The fraction of sp³-hybridized carbons (Fsp3) is 0.588. The fourth-order valence-electron chi connectivity index (χ4n) is 3.39. The summed E-state index contributed by atoms with van der Waals surface area (Å²) in [6, 6.07) is 7.46. The minimum absolute atomic E-state index is 0.695.